The maximum absolute atomic E-state index is 12.8. The quantitative estimate of drug-likeness (QED) is 0.882. The average molecular weight is 259 g/mol. The van der Waals surface area contributed by atoms with E-state index in [0.717, 1.165) is 10.0 Å². The Bertz CT molecular complexity index is 334. The van der Waals surface area contributed by atoms with Gasteiger partial charge in [0.25, 0.3) is 0 Å². The van der Waals surface area contributed by atoms with Crippen LogP contribution in [0.5, 0.6) is 0 Å². The van der Waals surface area contributed by atoms with Crippen molar-refractivity contribution in [3.05, 3.63) is 40.1 Å². The van der Waals surface area contributed by atoms with Crippen LogP contribution in [-0.4, -0.2) is 11.2 Å². The van der Waals surface area contributed by atoms with Gasteiger partial charge >= 0.3 is 0 Å². The summed E-state index contributed by atoms with van der Waals surface area (Å²) in [6.45, 7) is 1.71. The van der Waals surface area contributed by atoms with Crippen LogP contribution in [0, 0.1) is 5.82 Å². The number of halogens is 2. The number of aliphatic hydroxyl groups excluding tert-OH is 1. The van der Waals surface area contributed by atoms with E-state index in [2.05, 4.69) is 15.9 Å². The maximum Gasteiger partial charge on any atom is 0.123 e. The van der Waals surface area contributed by atoms with Gasteiger partial charge in [-0.3, -0.25) is 0 Å². The molecule has 1 rings (SSSR count). The lowest BCUT2D eigenvalue weighted by Gasteiger charge is -1.99. The molecule has 14 heavy (non-hydrogen) atoms. The van der Waals surface area contributed by atoms with Gasteiger partial charge in [0, 0.05) is 4.47 Å². The molecule has 1 aromatic rings. The first-order valence-electron chi connectivity index (χ1n) is 4.39. The van der Waals surface area contributed by atoms with Gasteiger partial charge in [-0.2, -0.15) is 0 Å². The molecule has 0 heterocycles. The van der Waals surface area contributed by atoms with E-state index in [1.807, 2.05) is 6.08 Å². The minimum absolute atomic E-state index is 0.259. The summed E-state index contributed by atoms with van der Waals surface area (Å²) in [4.78, 5) is 0. The lowest BCUT2D eigenvalue weighted by molar-refractivity contribution is 0.199. The van der Waals surface area contributed by atoms with Gasteiger partial charge in [0.1, 0.15) is 5.82 Å². The molecule has 0 saturated heterocycles. The summed E-state index contributed by atoms with van der Waals surface area (Å²) in [6, 6.07) is 4.51. The van der Waals surface area contributed by atoms with E-state index in [1.54, 1.807) is 19.1 Å². The Morgan fingerprint density at radius 2 is 2.29 bits per heavy atom. The largest absolute Gasteiger partial charge is 0.393 e. The standard InChI is InChI=1S/C11H12BrFO/c1-8(14)3-2-4-9-7-10(13)5-6-11(9)12/h2,4-8,14H,3H2,1H3. The van der Waals surface area contributed by atoms with Crippen molar-refractivity contribution in [3.8, 4) is 0 Å². The fourth-order valence-corrected chi connectivity index (χ4v) is 1.41. The van der Waals surface area contributed by atoms with Crippen LogP contribution in [0.4, 0.5) is 4.39 Å². The second-order valence-corrected chi connectivity index (χ2v) is 4.01. The average Bonchev–Trinajstić information content (AvgIpc) is 2.10. The Labute approximate surface area is 91.4 Å². The maximum atomic E-state index is 12.8. The van der Waals surface area contributed by atoms with Crippen molar-refractivity contribution < 1.29 is 9.50 Å². The summed E-state index contributed by atoms with van der Waals surface area (Å²) < 4.78 is 13.7. The Kier molecular flexibility index (Phi) is 4.29. The van der Waals surface area contributed by atoms with Gasteiger partial charge in [-0.25, -0.2) is 4.39 Å². The van der Waals surface area contributed by atoms with E-state index in [1.165, 1.54) is 12.1 Å². The Morgan fingerprint density at radius 3 is 2.93 bits per heavy atom. The number of benzene rings is 1. The molecule has 0 radical (unpaired) electrons. The van der Waals surface area contributed by atoms with Crippen LogP contribution in [0.2, 0.25) is 0 Å². The van der Waals surface area contributed by atoms with E-state index >= 15 is 0 Å². The molecular formula is C11H12BrFO. The molecule has 1 aromatic carbocycles. The van der Waals surface area contributed by atoms with Gasteiger partial charge in [-0.05, 0) is 37.1 Å². The monoisotopic (exact) mass is 258 g/mol. The molecule has 0 spiro atoms. The SMILES string of the molecule is CC(O)CC=Cc1cc(F)ccc1Br. The smallest absolute Gasteiger partial charge is 0.123 e. The van der Waals surface area contributed by atoms with Gasteiger partial charge < -0.3 is 5.11 Å². The van der Waals surface area contributed by atoms with Crippen LogP contribution in [0.25, 0.3) is 6.08 Å². The van der Waals surface area contributed by atoms with E-state index in [9.17, 15) is 4.39 Å². The molecule has 0 aliphatic heterocycles. The van der Waals surface area contributed by atoms with Crippen LogP contribution in [0.3, 0.4) is 0 Å². The molecule has 0 aliphatic carbocycles. The zero-order valence-corrected chi connectivity index (χ0v) is 9.46. The fourth-order valence-electron chi connectivity index (χ4n) is 1.03. The molecule has 3 heteroatoms. The summed E-state index contributed by atoms with van der Waals surface area (Å²) in [5.41, 5.74) is 0.783. The summed E-state index contributed by atoms with van der Waals surface area (Å²) >= 11 is 3.32. The second-order valence-electron chi connectivity index (χ2n) is 3.15. The van der Waals surface area contributed by atoms with Gasteiger partial charge in [0.05, 0.1) is 6.10 Å². The summed E-state index contributed by atoms with van der Waals surface area (Å²) in [5.74, 6) is -0.259. The molecule has 0 amide bonds. The lowest BCUT2D eigenvalue weighted by atomic mass is 10.2. The molecule has 1 atom stereocenters. The van der Waals surface area contributed by atoms with Crippen LogP contribution < -0.4 is 0 Å². The Hall–Kier alpha value is -0.670. The minimum atomic E-state index is -0.362. The van der Waals surface area contributed by atoms with Crippen molar-refractivity contribution in [1.29, 1.82) is 0 Å². The highest BCUT2D eigenvalue weighted by Crippen LogP contribution is 2.19. The van der Waals surface area contributed by atoms with Crippen LogP contribution in [-0.2, 0) is 0 Å². The third-order valence-electron chi connectivity index (χ3n) is 1.73. The predicted molar refractivity (Wildman–Crippen MR) is 59.4 cm³/mol. The fraction of sp³-hybridized carbons (Fsp3) is 0.273. The molecule has 0 bridgehead atoms. The zero-order chi connectivity index (χ0) is 10.6. The highest BCUT2D eigenvalue weighted by atomic mass is 79.9. The van der Waals surface area contributed by atoms with Gasteiger partial charge in [-0.1, -0.05) is 28.1 Å². The molecule has 0 fully saturated rings. The number of aliphatic hydroxyl groups is 1. The molecule has 0 aliphatic rings. The first-order chi connectivity index (χ1) is 6.59. The van der Waals surface area contributed by atoms with Crippen LogP contribution >= 0.6 is 15.9 Å². The molecule has 0 saturated carbocycles. The topological polar surface area (TPSA) is 20.2 Å². The first-order valence-corrected chi connectivity index (χ1v) is 5.18. The molecule has 1 N–H and O–H groups in total. The molecule has 0 aromatic heterocycles. The molecule has 1 unspecified atom stereocenters. The van der Waals surface area contributed by atoms with Crippen molar-refractivity contribution in [2.24, 2.45) is 0 Å². The molecular weight excluding hydrogens is 247 g/mol. The number of hydrogen-bond donors (Lipinski definition) is 1. The third-order valence-corrected chi connectivity index (χ3v) is 2.45. The normalized spacial score (nSPS) is 13.4. The highest BCUT2D eigenvalue weighted by molar-refractivity contribution is 9.10. The Morgan fingerprint density at radius 1 is 1.57 bits per heavy atom. The van der Waals surface area contributed by atoms with Crippen molar-refractivity contribution >= 4 is 22.0 Å². The van der Waals surface area contributed by atoms with Crippen molar-refractivity contribution in [2.75, 3.05) is 0 Å². The highest BCUT2D eigenvalue weighted by Gasteiger charge is 1.97. The van der Waals surface area contributed by atoms with Gasteiger partial charge in [-0.15, -0.1) is 0 Å². The first kappa shape index (κ1) is 11.4. The van der Waals surface area contributed by atoms with Crippen molar-refractivity contribution in [3.63, 3.8) is 0 Å². The van der Waals surface area contributed by atoms with Crippen LogP contribution in [0.15, 0.2) is 28.7 Å². The minimum Gasteiger partial charge on any atom is -0.393 e. The number of hydrogen-bond acceptors (Lipinski definition) is 1. The summed E-state index contributed by atoms with van der Waals surface area (Å²) in [6.07, 6.45) is 3.83. The van der Waals surface area contributed by atoms with E-state index in [-0.39, 0.29) is 11.9 Å². The van der Waals surface area contributed by atoms with Crippen molar-refractivity contribution in [1.82, 2.24) is 0 Å². The van der Waals surface area contributed by atoms with E-state index in [4.69, 9.17) is 5.11 Å². The van der Waals surface area contributed by atoms with Crippen LogP contribution in [0.1, 0.15) is 18.9 Å². The summed E-state index contributed by atoms with van der Waals surface area (Å²) in [7, 11) is 0. The van der Waals surface area contributed by atoms with Gasteiger partial charge in [0.15, 0.2) is 0 Å². The summed E-state index contributed by atoms with van der Waals surface area (Å²) in [5, 5.41) is 9.02. The van der Waals surface area contributed by atoms with Crippen molar-refractivity contribution in [2.45, 2.75) is 19.4 Å². The zero-order valence-electron chi connectivity index (χ0n) is 7.87. The predicted octanol–water partition coefficient (Wildman–Crippen LogP) is 3.37. The Balaban J connectivity index is 2.75. The van der Waals surface area contributed by atoms with E-state index < -0.39 is 0 Å². The second kappa shape index (κ2) is 5.27. The molecule has 1 nitrogen and oxygen atoms in total. The third kappa shape index (κ3) is 3.60. The molecule has 76 valence electrons. The van der Waals surface area contributed by atoms with Gasteiger partial charge in [0.2, 0.25) is 0 Å². The lowest BCUT2D eigenvalue weighted by Crippen LogP contribution is -1.95. The van der Waals surface area contributed by atoms with E-state index in [0.29, 0.717) is 6.42 Å². The number of rotatable bonds is 3.